The van der Waals surface area contributed by atoms with Gasteiger partial charge in [-0.15, -0.1) is 0 Å². The fraction of sp³-hybridized carbons (Fsp3) is 0.696. The molecular weight excluding hydrogens is 351 g/mol. The fourth-order valence-electron chi connectivity index (χ4n) is 4.02. The van der Waals surface area contributed by atoms with Crippen LogP contribution in [-0.4, -0.2) is 29.9 Å². The quantitative estimate of drug-likeness (QED) is 0.435. The molecule has 28 heavy (non-hydrogen) atoms. The number of ether oxygens (including phenoxy) is 1. The first-order valence-electron chi connectivity index (χ1n) is 10.6. The second-order valence-corrected chi connectivity index (χ2v) is 10.3. The highest BCUT2D eigenvalue weighted by Crippen LogP contribution is 2.37. The van der Waals surface area contributed by atoms with Gasteiger partial charge < -0.3 is 14.0 Å². The van der Waals surface area contributed by atoms with E-state index in [9.17, 15) is 4.79 Å². The lowest BCUT2D eigenvalue weighted by Gasteiger charge is -2.32. The van der Waals surface area contributed by atoms with Crippen molar-refractivity contribution in [3.63, 3.8) is 0 Å². The number of hydrogen-bond donors (Lipinski definition) is 0. The first kappa shape index (κ1) is 21.4. The van der Waals surface area contributed by atoms with Crippen LogP contribution in [-0.2, 0) is 25.3 Å². The second-order valence-electron chi connectivity index (χ2n) is 10.3. The third-order valence-electron chi connectivity index (χ3n) is 6.21. The minimum atomic E-state index is -0.439. The highest BCUT2D eigenvalue weighted by atomic mass is 16.7. The van der Waals surface area contributed by atoms with Crippen LogP contribution in [0.3, 0.4) is 0 Å². The van der Waals surface area contributed by atoms with E-state index in [-0.39, 0.29) is 30.2 Å². The fourth-order valence-corrected chi connectivity index (χ4v) is 4.02. The van der Waals surface area contributed by atoms with E-state index < -0.39 is 5.60 Å². The van der Waals surface area contributed by atoms with Gasteiger partial charge in [-0.05, 0) is 90.2 Å². The van der Waals surface area contributed by atoms with Crippen molar-refractivity contribution in [3.05, 3.63) is 29.3 Å². The molecule has 5 heteroatoms. The lowest BCUT2D eigenvalue weighted by Crippen LogP contribution is -2.41. The van der Waals surface area contributed by atoms with Gasteiger partial charge in [-0.1, -0.05) is 24.6 Å². The molecular formula is C23H35BO4. The summed E-state index contributed by atoms with van der Waals surface area (Å²) in [5.41, 5.74) is 2.54. The average molecular weight is 386 g/mol. The van der Waals surface area contributed by atoms with Crippen LogP contribution in [0.25, 0.3) is 0 Å². The first-order chi connectivity index (χ1) is 12.9. The molecule has 0 bridgehead atoms. The molecule has 1 saturated heterocycles. The minimum Gasteiger partial charge on any atom is -0.460 e. The maximum absolute atomic E-state index is 12.4. The minimum absolute atomic E-state index is 0.111. The molecule has 1 aromatic carbocycles. The van der Waals surface area contributed by atoms with Crippen molar-refractivity contribution in [2.75, 3.05) is 0 Å². The molecule has 154 valence electrons. The molecule has 2 aliphatic rings. The molecule has 3 rings (SSSR count). The topological polar surface area (TPSA) is 44.8 Å². The van der Waals surface area contributed by atoms with E-state index in [0.717, 1.165) is 31.1 Å². The Bertz CT molecular complexity index is 717. The van der Waals surface area contributed by atoms with E-state index >= 15 is 0 Å². The summed E-state index contributed by atoms with van der Waals surface area (Å²) in [6, 6.07) is 6.51. The van der Waals surface area contributed by atoms with Gasteiger partial charge in [0.05, 0.1) is 17.6 Å². The Morgan fingerprint density at radius 2 is 1.79 bits per heavy atom. The average Bonchev–Trinajstić information content (AvgIpc) is 2.68. The zero-order valence-electron chi connectivity index (χ0n) is 18.6. The molecule has 1 aliphatic carbocycles. The molecule has 1 heterocycles. The third-order valence-corrected chi connectivity index (χ3v) is 6.21. The van der Waals surface area contributed by atoms with Crippen LogP contribution >= 0.6 is 0 Å². The van der Waals surface area contributed by atoms with Gasteiger partial charge in [0, 0.05) is 0 Å². The van der Waals surface area contributed by atoms with E-state index in [4.69, 9.17) is 14.0 Å². The molecule has 0 spiro atoms. The van der Waals surface area contributed by atoms with Crippen molar-refractivity contribution in [1.82, 2.24) is 0 Å². The number of rotatable bonds is 3. The Hall–Kier alpha value is -1.33. The van der Waals surface area contributed by atoms with Crippen molar-refractivity contribution in [3.8, 4) is 0 Å². The molecule has 0 unspecified atom stereocenters. The van der Waals surface area contributed by atoms with Crippen LogP contribution in [0.2, 0.25) is 0 Å². The summed E-state index contributed by atoms with van der Waals surface area (Å²) >= 11 is 0. The van der Waals surface area contributed by atoms with Crippen LogP contribution in [0.4, 0.5) is 0 Å². The zero-order chi connectivity index (χ0) is 20.7. The number of carbonyl (C=O) groups excluding carboxylic acids is 1. The summed E-state index contributed by atoms with van der Waals surface area (Å²) in [6.45, 7) is 14.1. The molecule has 4 nitrogen and oxygen atoms in total. The van der Waals surface area contributed by atoms with Crippen molar-refractivity contribution in [2.45, 2.75) is 103 Å². The summed E-state index contributed by atoms with van der Waals surface area (Å²) in [6.07, 6.45) is 4.79. The SMILES string of the molecule is CC(C)(C)OC(=O)C[C@@H]1CCCCc2cc(B3OC(C)(C)C(C)(C)O3)ccc21. The largest absolute Gasteiger partial charge is 0.494 e. The summed E-state index contributed by atoms with van der Waals surface area (Å²) in [7, 11) is -0.345. The standard InChI is InChI=1S/C23H35BO4/c1-21(2,3)26-20(25)15-17-11-9-8-10-16-14-18(12-13-19(16)17)24-27-22(4,5)23(6,7)28-24/h12-14,17H,8-11,15H2,1-7H3/t17-/m0/s1. The van der Waals surface area contributed by atoms with Crippen LogP contribution in [0.1, 0.15) is 91.2 Å². The molecule has 0 radical (unpaired) electrons. The molecule has 0 saturated carbocycles. The van der Waals surface area contributed by atoms with Gasteiger partial charge in [-0.3, -0.25) is 4.79 Å². The molecule has 0 N–H and O–H groups in total. The summed E-state index contributed by atoms with van der Waals surface area (Å²) in [5.74, 6) is 0.111. The van der Waals surface area contributed by atoms with Crippen molar-refractivity contribution < 1.29 is 18.8 Å². The number of benzene rings is 1. The highest BCUT2D eigenvalue weighted by molar-refractivity contribution is 6.62. The van der Waals surface area contributed by atoms with Crippen molar-refractivity contribution in [2.24, 2.45) is 0 Å². The lowest BCUT2D eigenvalue weighted by molar-refractivity contribution is -0.155. The van der Waals surface area contributed by atoms with Crippen LogP contribution in [0.5, 0.6) is 0 Å². The maximum Gasteiger partial charge on any atom is 0.494 e. The van der Waals surface area contributed by atoms with Crippen LogP contribution in [0, 0.1) is 0 Å². The lowest BCUT2D eigenvalue weighted by atomic mass is 9.76. The molecule has 1 aromatic rings. The van der Waals surface area contributed by atoms with Crippen molar-refractivity contribution >= 4 is 18.6 Å². The van der Waals surface area contributed by atoms with E-state index in [2.05, 4.69) is 45.9 Å². The second kappa shape index (κ2) is 7.49. The van der Waals surface area contributed by atoms with Gasteiger partial charge in [0.25, 0.3) is 0 Å². The van der Waals surface area contributed by atoms with Gasteiger partial charge >= 0.3 is 13.1 Å². The van der Waals surface area contributed by atoms with Gasteiger partial charge in [0.15, 0.2) is 0 Å². The number of aryl methyl sites for hydroxylation is 1. The summed E-state index contributed by atoms with van der Waals surface area (Å²) < 4.78 is 18.0. The number of hydrogen-bond acceptors (Lipinski definition) is 4. The van der Waals surface area contributed by atoms with E-state index in [1.807, 2.05) is 20.8 Å². The smallest absolute Gasteiger partial charge is 0.460 e. The van der Waals surface area contributed by atoms with Gasteiger partial charge in [-0.2, -0.15) is 0 Å². The Morgan fingerprint density at radius 1 is 1.14 bits per heavy atom. The normalized spacial score (nSPS) is 23.8. The van der Waals surface area contributed by atoms with Crippen LogP contribution in [0.15, 0.2) is 18.2 Å². The monoisotopic (exact) mass is 386 g/mol. The Morgan fingerprint density at radius 3 is 2.39 bits per heavy atom. The third kappa shape index (κ3) is 4.63. The number of fused-ring (bicyclic) bond motifs is 1. The zero-order valence-corrected chi connectivity index (χ0v) is 18.6. The molecule has 1 fully saturated rings. The molecule has 1 aliphatic heterocycles. The maximum atomic E-state index is 12.4. The van der Waals surface area contributed by atoms with Crippen LogP contribution < -0.4 is 5.46 Å². The molecule has 1 atom stereocenters. The number of carbonyl (C=O) groups is 1. The Labute approximate surface area is 170 Å². The number of esters is 1. The van der Waals surface area contributed by atoms with Gasteiger partial charge in [-0.25, -0.2) is 0 Å². The highest BCUT2D eigenvalue weighted by Gasteiger charge is 2.51. The summed E-state index contributed by atoms with van der Waals surface area (Å²) in [5, 5.41) is 0. The van der Waals surface area contributed by atoms with Gasteiger partial charge in [0.2, 0.25) is 0 Å². The van der Waals surface area contributed by atoms with Gasteiger partial charge in [0.1, 0.15) is 5.60 Å². The Kier molecular flexibility index (Phi) is 5.72. The molecule has 0 aromatic heterocycles. The van der Waals surface area contributed by atoms with Crippen molar-refractivity contribution in [1.29, 1.82) is 0 Å². The Balaban J connectivity index is 1.81. The molecule has 0 amide bonds. The first-order valence-corrected chi connectivity index (χ1v) is 10.6. The predicted molar refractivity (Wildman–Crippen MR) is 113 cm³/mol. The summed E-state index contributed by atoms with van der Waals surface area (Å²) in [4.78, 5) is 12.4. The van der Waals surface area contributed by atoms with E-state index in [0.29, 0.717) is 6.42 Å². The van der Waals surface area contributed by atoms with E-state index in [1.54, 1.807) is 0 Å². The van der Waals surface area contributed by atoms with E-state index in [1.165, 1.54) is 11.1 Å². The predicted octanol–water partition coefficient (Wildman–Crippen LogP) is 4.53.